The standard InChI is InChI=1S/C21H25N5O/c1-2-6-17-15-26(24-23-17)14-16-7-5-12-25(13-16)21(27)19-10-11-22-20-9-4-3-8-18(19)20/h3-4,8-11,15-16H,2,5-7,12-14H2,1H3/t16-/m1/s1. The van der Waals surface area contributed by atoms with Crippen LogP contribution in [0, 0.1) is 5.92 Å². The van der Waals surface area contributed by atoms with Gasteiger partial charge in [0.2, 0.25) is 0 Å². The van der Waals surface area contributed by atoms with Gasteiger partial charge in [-0.25, -0.2) is 0 Å². The average Bonchev–Trinajstić information content (AvgIpc) is 3.14. The molecule has 0 radical (unpaired) electrons. The zero-order valence-corrected chi connectivity index (χ0v) is 15.7. The van der Waals surface area contributed by atoms with Gasteiger partial charge in [0.15, 0.2) is 0 Å². The van der Waals surface area contributed by atoms with Crippen molar-refractivity contribution in [2.24, 2.45) is 5.92 Å². The second-order valence-corrected chi connectivity index (χ2v) is 7.32. The minimum atomic E-state index is 0.101. The molecule has 1 fully saturated rings. The fraction of sp³-hybridized carbons (Fsp3) is 0.429. The fourth-order valence-corrected chi connectivity index (χ4v) is 3.91. The number of rotatable bonds is 5. The molecule has 0 saturated carbocycles. The highest BCUT2D eigenvalue weighted by Gasteiger charge is 2.26. The van der Waals surface area contributed by atoms with Gasteiger partial charge in [-0.1, -0.05) is 36.8 Å². The van der Waals surface area contributed by atoms with Gasteiger partial charge in [-0.15, -0.1) is 5.10 Å². The van der Waals surface area contributed by atoms with Crippen molar-refractivity contribution in [2.75, 3.05) is 13.1 Å². The van der Waals surface area contributed by atoms with Gasteiger partial charge < -0.3 is 4.90 Å². The van der Waals surface area contributed by atoms with Crippen LogP contribution in [0.4, 0.5) is 0 Å². The number of aromatic nitrogens is 4. The maximum absolute atomic E-state index is 13.2. The largest absolute Gasteiger partial charge is 0.338 e. The first-order valence-electron chi connectivity index (χ1n) is 9.76. The topological polar surface area (TPSA) is 63.9 Å². The molecule has 0 N–H and O–H groups in total. The number of pyridine rings is 1. The Morgan fingerprint density at radius 2 is 2.15 bits per heavy atom. The maximum atomic E-state index is 13.2. The third kappa shape index (κ3) is 3.84. The molecule has 0 bridgehead atoms. The number of carbonyl (C=O) groups excluding carboxylic acids is 1. The molecule has 1 aliphatic rings. The minimum Gasteiger partial charge on any atom is -0.338 e. The molecule has 1 amide bonds. The van der Waals surface area contributed by atoms with E-state index in [1.807, 2.05) is 46.1 Å². The van der Waals surface area contributed by atoms with Crippen LogP contribution in [-0.4, -0.2) is 43.9 Å². The fourth-order valence-electron chi connectivity index (χ4n) is 3.91. The van der Waals surface area contributed by atoms with Gasteiger partial charge in [0.25, 0.3) is 5.91 Å². The lowest BCUT2D eigenvalue weighted by atomic mass is 9.97. The van der Waals surface area contributed by atoms with Crippen molar-refractivity contribution in [3.8, 4) is 0 Å². The van der Waals surface area contributed by atoms with Crippen LogP contribution in [0.5, 0.6) is 0 Å². The molecule has 4 rings (SSSR count). The molecule has 3 heterocycles. The van der Waals surface area contributed by atoms with Crippen LogP contribution in [-0.2, 0) is 13.0 Å². The second-order valence-electron chi connectivity index (χ2n) is 7.32. The summed E-state index contributed by atoms with van der Waals surface area (Å²) >= 11 is 0. The first-order chi connectivity index (χ1) is 13.2. The normalized spacial score (nSPS) is 17.4. The molecule has 140 valence electrons. The summed E-state index contributed by atoms with van der Waals surface area (Å²) in [6.45, 7) is 4.53. The van der Waals surface area contributed by atoms with E-state index >= 15 is 0 Å². The minimum absolute atomic E-state index is 0.101. The van der Waals surface area contributed by atoms with E-state index in [1.54, 1.807) is 6.20 Å². The first kappa shape index (κ1) is 17.6. The molecule has 1 saturated heterocycles. The van der Waals surface area contributed by atoms with E-state index in [1.165, 1.54) is 0 Å². The highest BCUT2D eigenvalue weighted by atomic mass is 16.2. The van der Waals surface area contributed by atoms with E-state index in [9.17, 15) is 4.79 Å². The summed E-state index contributed by atoms with van der Waals surface area (Å²) < 4.78 is 1.94. The number of carbonyl (C=O) groups is 1. The molecule has 3 aromatic rings. The summed E-state index contributed by atoms with van der Waals surface area (Å²) in [5, 5.41) is 9.41. The number of aryl methyl sites for hydroxylation is 1. The summed E-state index contributed by atoms with van der Waals surface area (Å²) in [4.78, 5) is 19.5. The molecule has 0 unspecified atom stereocenters. The number of nitrogens with zero attached hydrogens (tertiary/aromatic N) is 5. The molecule has 0 spiro atoms. The Hall–Kier alpha value is -2.76. The highest BCUT2D eigenvalue weighted by molar-refractivity contribution is 6.05. The number of piperidine rings is 1. The number of amides is 1. The van der Waals surface area contributed by atoms with Crippen molar-refractivity contribution >= 4 is 16.8 Å². The Kier molecular flexibility index (Phi) is 5.14. The van der Waals surface area contributed by atoms with E-state index < -0.39 is 0 Å². The van der Waals surface area contributed by atoms with Gasteiger partial charge >= 0.3 is 0 Å². The Balaban J connectivity index is 1.48. The third-order valence-electron chi connectivity index (χ3n) is 5.22. The van der Waals surface area contributed by atoms with E-state index in [0.717, 1.165) is 67.5 Å². The van der Waals surface area contributed by atoms with Crippen molar-refractivity contribution in [1.82, 2.24) is 24.9 Å². The van der Waals surface area contributed by atoms with Gasteiger partial charge in [-0.2, -0.15) is 0 Å². The van der Waals surface area contributed by atoms with Crippen molar-refractivity contribution < 1.29 is 4.79 Å². The molecule has 0 aliphatic carbocycles. The molecule has 6 nitrogen and oxygen atoms in total. The number of para-hydroxylation sites is 1. The second kappa shape index (κ2) is 7.86. The third-order valence-corrected chi connectivity index (χ3v) is 5.22. The monoisotopic (exact) mass is 363 g/mol. The predicted molar refractivity (Wildman–Crippen MR) is 104 cm³/mol. The lowest BCUT2D eigenvalue weighted by molar-refractivity contribution is 0.0661. The predicted octanol–water partition coefficient (Wildman–Crippen LogP) is 3.33. The highest BCUT2D eigenvalue weighted by Crippen LogP contribution is 2.23. The van der Waals surface area contributed by atoms with Crippen LogP contribution < -0.4 is 0 Å². The number of benzene rings is 1. The SMILES string of the molecule is CCCc1cn(C[C@@H]2CCCN(C(=O)c3ccnc4ccccc34)C2)nn1. The van der Waals surface area contributed by atoms with Crippen molar-refractivity contribution in [3.05, 3.63) is 54.0 Å². The Bertz CT molecular complexity index is 930. The van der Waals surface area contributed by atoms with Crippen LogP contribution >= 0.6 is 0 Å². The Morgan fingerprint density at radius 1 is 1.26 bits per heavy atom. The Labute approximate surface area is 159 Å². The smallest absolute Gasteiger partial charge is 0.254 e. The summed E-state index contributed by atoms with van der Waals surface area (Å²) in [5.41, 5.74) is 2.65. The van der Waals surface area contributed by atoms with Crippen LogP contribution in [0.2, 0.25) is 0 Å². The van der Waals surface area contributed by atoms with Gasteiger partial charge in [0, 0.05) is 37.4 Å². The lowest BCUT2D eigenvalue weighted by Gasteiger charge is -2.33. The van der Waals surface area contributed by atoms with E-state index in [0.29, 0.717) is 5.92 Å². The molecular formula is C21H25N5O. The molecule has 27 heavy (non-hydrogen) atoms. The van der Waals surface area contributed by atoms with Crippen molar-refractivity contribution in [1.29, 1.82) is 0 Å². The first-order valence-corrected chi connectivity index (χ1v) is 9.76. The Morgan fingerprint density at radius 3 is 3.04 bits per heavy atom. The van der Waals surface area contributed by atoms with Gasteiger partial charge in [0.05, 0.1) is 16.8 Å². The summed E-state index contributed by atoms with van der Waals surface area (Å²) in [7, 11) is 0. The average molecular weight is 363 g/mol. The zero-order valence-electron chi connectivity index (χ0n) is 15.7. The summed E-state index contributed by atoms with van der Waals surface area (Å²) in [6, 6.07) is 9.66. The molecule has 1 aliphatic heterocycles. The van der Waals surface area contributed by atoms with Crippen molar-refractivity contribution in [2.45, 2.75) is 39.2 Å². The van der Waals surface area contributed by atoms with Crippen LogP contribution in [0.25, 0.3) is 10.9 Å². The molecule has 2 aromatic heterocycles. The van der Waals surface area contributed by atoms with E-state index in [4.69, 9.17) is 0 Å². The number of fused-ring (bicyclic) bond motifs is 1. The maximum Gasteiger partial charge on any atom is 0.254 e. The quantitative estimate of drug-likeness (QED) is 0.697. The lowest BCUT2D eigenvalue weighted by Crippen LogP contribution is -2.41. The number of hydrogen-bond acceptors (Lipinski definition) is 4. The van der Waals surface area contributed by atoms with Gasteiger partial charge in [-0.3, -0.25) is 14.5 Å². The van der Waals surface area contributed by atoms with Crippen LogP contribution in [0.3, 0.4) is 0 Å². The molecule has 6 heteroatoms. The van der Waals surface area contributed by atoms with Gasteiger partial charge in [-0.05, 0) is 37.3 Å². The van der Waals surface area contributed by atoms with E-state index in [2.05, 4.69) is 22.2 Å². The van der Waals surface area contributed by atoms with E-state index in [-0.39, 0.29) is 5.91 Å². The number of hydrogen-bond donors (Lipinski definition) is 0. The van der Waals surface area contributed by atoms with Crippen LogP contribution in [0.1, 0.15) is 42.2 Å². The van der Waals surface area contributed by atoms with Gasteiger partial charge in [0.1, 0.15) is 0 Å². The van der Waals surface area contributed by atoms with Crippen LogP contribution in [0.15, 0.2) is 42.7 Å². The molecular weight excluding hydrogens is 338 g/mol. The zero-order chi connectivity index (χ0) is 18.6. The molecule has 1 aromatic carbocycles. The summed E-state index contributed by atoms with van der Waals surface area (Å²) in [5.74, 6) is 0.510. The van der Waals surface area contributed by atoms with Crippen molar-refractivity contribution in [3.63, 3.8) is 0 Å². The number of likely N-dealkylation sites (tertiary alicyclic amines) is 1. The molecule has 1 atom stereocenters. The summed E-state index contributed by atoms with van der Waals surface area (Å²) in [6.07, 6.45) is 7.94.